The average Bonchev–Trinajstić information content (AvgIpc) is 2.58. The lowest BCUT2D eigenvalue weighted by atomic mass is 9.99. The minimum atomic E-state index is -0.764. The second kappa shape index (κ2) is 4.82. The summed E-state index contributed by atoms with van der Waals surface area (Å²) in [7, 11) is 3.43. The van der Waals surface area contributed by atoms with Crippen molar-refractivity contribution in [3.8, 4) is 0 Å². The molecule has 0 aromatic carbocycles. The van der Waals surface area contributed by atoms with Gasteiger partial charge in [0.2, 0.25) is 5.91 Å². The zero-order chi connectivity index (χ0) is 12.5. The van der Waals surface area contributed by atoms with Gasteiger partial charge in [-0.05, 0) is 12.8 Å². The largest absolute Gasteiger partial charge is 0.481 e. The lowest BCUT2D eigenvalue weighted by molar-refractivity contribution is -0.142. The van der Waals surface area contributed by atoms with Crippen molar-refractivity contribution in [3.63, 3.8) is 0 Å². The molecule has 0 bridgehead atoms. The Bertz CT molecular complexity index is 291. The number of aliphatic carboxylic acids is 1. The van der Waals surface area contributed by atoms with Crippen LogP contribution in [0.3, 0.4) is 0 Å². The predicted octanol–water partition coefficient (Wildman–Crippen LogP) is 0.116. The topological polar surface area (TPSA) is 60.9 Å². The van der Waals surface area contributed by atoms with Crippen molar-refractivity contribution < 1.29 is 14.7 Å². The second-order valence-electron chi connectivity index (χ2n) is 4.78. The highest BCUT2D eigenvalue weighted by Crippen LogP contribution is 2.25. The van der Waals surface area contributed by atoms with Crippen molar-refractivity contribution >= 4 is 11.9 Å². The maximum Gasteiger partial charge on any atom is 0.308 e. The third kappa shape index (κ3) is 2.52. The van der Waals surface area contributed by atoms with Crippen LogP contribution in [0.15, 0.2) is 0 Å². The Hall–Kier alpha value is -1.10. The van der Waals surface area contributed by atoms with Gasteiger partial charge in [0, 0.05) is 27.2 Å². The van der Waals surface area contributed by atoms with Crippen molar-refractivity contribution in [3.05, 3.63) is 0 Å². The third-order valence-electron chi connectivity index (χ3n) is 3.30. The lowest BCUT2D eigenvalue weighted by Crippen LogP contribution is -2.43. The predicted molar refractivity (Wildman–Crippen MR) is 60.0 cm³/mol. The molecule has 5 heteroatoms. The summed E-state index contributed by atoms with van der Waals surface area (Å²) in [5.41, 5.74) is 0. The van der Waals surface area contributed by atoms with Gasteiger partial charge >= 0.3 is 5.97 Å². The molecule has 1 aliphatic heterocycles. The van der Waals surface area contributed by atoms with Crippen LogP contribution < -0.4 is 0 Å². The van der Waals surface area contributed by atoms with Gasteiger partial charge in [-0.25, -0.2) is 0 Å². The van der Waals surface area contributed by atoms with E-state index in [4.69, 9.17) is 5.11 Å². The number of carbonyl (C=O) groups is 2. The van der Waals surface area contributed by atoms with Gasteiger partial charge < -0.3 is 10.0 Å². The number of nitrogens with zero attached hydrogens (tertiary/aromatic N) is 2. The Labute approximate surface area is 96.0 Å². The molecule has 1 saturated heterocycles. The van der Waals surface area contributed by atoms with Gasteiger partial charge in [-0.2, -0.15) is 0 Å². The molecule has 1 amide bonds. The fourth-order valence-electron chi connectivity index (χ4n) is 2.17. The normalized spacial score (nSPS) is 27.8. The number of hydrogen-bond acceptors (Lipinski definition) is 3. The van der Waals surface area contributed by atoms with Crippen LogP contribution >= 0.6 is 0 Å². The number of carboxylic acids is 1. The van der Waals surface area contributed by atoms with Crippen LogP contribution in [0.1, 0.15) is 13.8 Å². The van der Waals surface area contributed by atoms with E-state index >= 15 is 0 Å². The number of hydrogen-bond donors (Lipinski definition) is 1. The van der Waals surface area contributed by atoms with Crippen LogP contribution in [0.5, 0.6) is 0 Å². The number of likely N-dealkylation sites (tertiary alicyclic amines) is 1. The summed E-state index contributed by atoms with van der Waals surface area (Å²) in [4.78, 5) is 26.2. The first kappa shape index (κ1) is 13.0. The Morgan fingerprint density at radius 3 is 2.31 bits per heavy atom. The highest BCUT2D eigenvalue weighted by Gasteiger charge is 2.38. The van der Waals surface area contributed by atoms with Gasteiger partial charge in [0.15, 0.2) is 0 Å². The number of rotatable bonds is 3. The molecule has 1 heterocycles. The Morgan fingerprint density at radius 1 is 1.38 bits per heavy atom. The van der Waals surface area contributed by atoms with E-state index in [9.17, 15) is 9.59 Å². The van der Waals surface area contributed by atoms with E-state index in [2.05, 4.69) is 0 Å². The van der Waals surface area contributed by atoms with E-state index in [1.165, 1.54) is 0 Å². The van der Waals surface area contributed by atoms with Crippen molar-refractivity contribution in [1.82, 2.24) is 9.80 Å². The van der Waals surface area contributed by atoms with Gasteiger partial charge in [-0.1, -0.05) is 6.92 Å². The number of likely N-dealkylation sites (N-methyl/N-ethyl adjacent to an activating group) is 1. The van der Waals surface area contributed by atoms with Crippen LogP contribution in [0.2, 0.25) is 0 Å². The molecule has 0 aromatic heterocycles. The van der Waals surface area contributed by atoms with E-state index in [-0.39, 0.29) is 23.8 Å². The number of carboxylic acid groups (broad SMARTS) is 1. The maximum atomic E-state index is 11.7. The van der Waals surface area contributed by atoms with E-state index in [0.717, 1.165) is 0 Å². The molecule has 0 radical (unpaired) electrons. The Morgan fingerprint density at radius 2 is 1.94 bits per heavy atom. The molecule has 16 heavy (non-hydrogen) atoms. The van der Waals surface area contributed by atoms with Crippen LogP contribution in [-0.2, 0) is 9.59 Å². The van der Waals surface area contributed by atoms with Gasteiger partial charge in [0.05, 0.1) is 12.0 Å². The molecule has 0 aliphatic carbocycles. The molecular weight excluding hydrogens is 208 g/mol. The monoisotopic (exact) mass is 228 g/mol. The van der Waals surface area contributed by atoms with E-state index in [1.54, 1.807) is 19.0 Å². The molecule has 1 fully saturated rings. The summed E-state index contributed by atoms with van der Waals surface area (Å²) >= 11 is 0. The summed E-state index contributed by atoms with van der Waals surface area (Å²) < 4.78 is 0. The molecule has 1 rings (SSSR count). The van der Waals surface area contributed by atoms with Gasteiger partial charge in [0.1, 0.15) is 0 Å². The summed E-state index contributed by atoms with van der Waals surface area (Å²) in [5, 5.41) is 9.01. The van der Waals surface area contributed by atoms with Crippen LogP contribution in [0.4, 0.5) is 0 Å². The molecular formula is C11H20N2O3. The molecule has 1 aliphatic rings. The van der Waals surface area contributed by atoms with E-state index in [1.807, 2.05) is 18.7 Å². The van der Waals surface area contributed by atoms with Crippen molar-refractivity contribution in [2.24, 2.45) is 11.8 Å². The maximum absolute atomic E-state index is 11.7. The third-order valence-corrected chi connectivity index (χ3v) is 3.30. The molecule has 1 N–H and O–H groups in total. The molecule has 5 nitrogen and oxygen atoms in total. The molecule has 0 spiro atoms. The quantitative estimate of drug-likeness (QED) is 0.745. The molecule has 0 aromatic rings. The fourth-order valence-corrected chi connectivity index (χ4v) is 2.17. The molecule has 1 unspecified atom stereocenters. The molecule has 92 valence electrons. The second-order valence-corrected chi connectivity index (χ2v) is 4.78. The number of carbonyl (C=O) groups excluding carboxylic acids is 1. The Balaban J connectivity index is 2.65. The van der Waals surface area contributed by atoms with Gasteiger partial charge in [-0.15, -0.1) is 0 Å². The summed E-state index contributed by atoms with van der Waals surface area (Å²) in [6, 6.07) is -0.234. The number of amides is 1. The van der Waals surface area contributed by atoms with Crippen molar-refractivity contribution in [2.45, 2.75) is 19.9 Å². The lowest BCUT2D eigenvalue weighted by Gasteiger charge is -2.25. The van der Waals surface area contributed by atoms with Gasteiger partial charge in [-0.3, -0.25) is 14.5 Å². The first-order valence-electron chi connectivity index (χ1n) is 5.52. The first-order chi connectivity index (χ1) is 7.34. The van der Waals surface area contributed by atoms with Crippen LogP contribution in [0.25, 0.3) is 0 Å². The fraction of sp³-hybridized carbons (Fsp3) is 0.818. The van der Waals surface area contributed by atoms with E-state index < -0.39 is 5.97 Å². The van der Waals surface area contributed by atoms with E-state index in [0.29, 0.717) is 13.1 Å². The summed E-state index contributed by atoms with van der Waals surface area (Å²) in [6.45, 7) is 4.90. The molecule has 3 atom stereocenters. The van der Waals surface area contributed by atoms with Crippen molar-refractivity contribution in [2.75, 3.05) is 27.2 Å². The summed E-state index contributed by atoms with van der Waals surface area (Å²) in [5.74, 6) is -0.981. The Kier molecular flexibility index (Phi) is 3.91. The standard InChI is InChI=1S/C11H20N2O3/c1-7-5-13(6-9(7)11(15)16)8(2)10(14)12(3)4/h7-9H,5-6H2,1-4H3,(H,15,16)/t7-,8?,9-/m1/s1. The minimum Gasteiger partial charge on any atom is -0.481 e. The highest BCUT2D eigenvalue weighted by molar-refractivity contribution is 5.81. The molecule has 0 saturated carbocycles. The SMILES string of the molecule is CC(C(=O)N(C)C)N1C[C@@H](C)[C@H](C(=O)O)C1. The zero-order valence-corrected chi connectivity index (χ0v) is 10.3. The average molecular weight is 228 g/mol. The first-order valence-corrected chi connectivity index (χ1v) is 5.52. The van der Waals surface area contributed by atoms with Crippen LogP contribution in [0, 0.1) is 11.8 Å². The summed E-state index contributed by atoms with van der Waals surface area (Å²) in [6.07, 6.45) is 0. The smallest absolute Gasteiger partial charge is 0.308 e. The van der Waals surface area contributed by atoms with Crippen LogP contribution in [-0.4, -0.2) is 60.0 Å². The zero-order valence-electron chi connectivity index (χ0n) is 10.3. The minimum absolute atomic E-state index is 0.0261. The van der Waals surface area contributed by atoms with Gasteiger partial charge in [0.25, 0.3) is 0 Å². The highest BCUT2D eigenvalue weighted by atomic mass is 16.4. The van der Waals surface area contributed by atoms with Crippen molar-refractivity contribution in [1.29, 1.82) is 0 Å².